The normalized spacial score (nSPS) is 14.3. The molecule has 1 aliphatic heterocycles. The maximum Gasteiger partial charge on any atom is 0.335 e. The molecular weight excluding hydrogens is 492 g/mol. The van der Waals surface area contributed by atoms with Crippen LogP contribution in [0.5, 0.6) is 17.2 Å². The number of hydrogen-bond acceptors (Lipinski definition) is 7. The van der Waals surface area contributed by atoms with Crippen LogP contribution in [0.15, 0.2) is 72.3 Å². The van der Waals surface area contributed by atoms with Crippen molar-refractivity contribution in [3.05, 3.63) is 89.0 Å². The number of aromatic carboxylic acids is 1. The van der Waals surface area contributed by atoms with Crippen molar-refractivity contribution in [2.75, 3.05) is 18.6 Å². The van der Waals surface area contributed by atoms with Crippen molar-refractivity contribution in [2.24, 2.45) is 0 Å². The molecule has 1 saturated heterocycles. The van der Waals surface area contributed by atoms with Crippen molar-refractivity contribution in [2.45, 2.75) is 13.5 Å². The van der Waals surface area contributed by atoms with Gasteiger partial charge in [0.25, 0.3) is 11.8 Å². The zero-order valence-corrected chi connectivity index (χ0v) is 20.6. The van der Waals surface area contributed by atoms with E-state index in [4.69, 9.17) is 19.3 Å². The number of nitrogens with zero attached hydrogens (tertiary/aromatic N) is 1. The average Bonchev–Trinajstić information content (AvgIpc) is 2.91. The summed E-state index contributed by atoms with van der Waals surface area (Å²) in [6, 6.07) is 16.6. The lowest BCUT2D eigenvalue weighted by Crippen LogP contribution is -2.54. The number of benzene rings is 3. The van der Waals surface area contributed by atoms with Gasteiger partial charge >= 0.3 is 12.0 Å². The molecule has 0 radical (unpaired) electrons. The summed E-state index contributed by atoms with van der Waals surface area (Å²) in [4.78, 5) is 50.1. The number of rotatable bonds is 9. The lowest BCUT2D eigenvalue weighted by atomic mass is 10.1. The molecule has 0 aliphatic carbocycles. The molecule has 4 rings (SSSR count). The van der Waals surface area contributed by atoms with Gasteiger partial charge in [-0.15, -0.1) is 0 Å². The molecule has 0 bridgehead atoms. The number of imide groups is 2. The SMILES string of the molecule is CCOc1cc(/C=C2\C(=O)NC(=O)N(c3ccc(OC)cc3)C2=O)ccc1OCc1ccc(C(=O)O)cc1. The van der Waals surface area contributed by atoms with Gasteiger partial charge in [-0.1, -0.05) is 18.2 Å². The van der Waals surface area contributed by atoms with Crippen LogP contribution in [-0.2, 0) is 16.2 Å². The Labute approximate surface area is 218 Å². The number of carbonyl (C=O) groups is 4. The summed E-state index contributed by atoms with van der Waals surface area (Å²) < 4.78 is 16.7. The minimum atomic E-state index is -1.01. The first-order chi connectivity index (χ1) is 18.3. The maximum absolute atomic E-state index is 13.2. The van der Waals surface area contributed by atoms with E-state index in [1.165, 1.54) is 37.5 Å². The van der Waals surface area contributed by atoms with Crippen LogP contribution >= 0.6 is 0 Å². The second kappa shape index (κ2) is 11.3. The molecule has 10 heteroatoms. The first kappa shape index (κ1) is 26.0. The van der Waals surface area contributed by atoms with Gasteiger partial charge in [0, 0.05) is 0 Å². The second-order valence-corrected chi connectivity index (χ2v) is 8.09. The number of nitrogens with one attached hydrogen (secondary N) is 1. The van der Waals surface area contributed by atoms with Gasteiger partial charge in [0.05, 0.1) is 25.0 Å². The van der Waals surface area contributed by atoms with Crippen LogP contribution in [0.3, 0.4) is 0 Å². The lowest BCUT2D eigenvalue weighted by Gasteiger charge is -2.26. The highest BCUT2D eigenvalue weighted by Gasteiger charge is 2.36. The van der Waals surface area contributed by atoms with E-state index in [0.29, 0.717) is 29.4 Å². The Balaban J connectivity index is 1.57. The summed E-state index contributed by atoms with van der Waals surface area (Å²) in [5.41, 5.74) is 1.47. The minimum Gasteiger partial charge on any atom is -0.497 e. The Morgan fingerprint density at radius 3 is 2.29 bits per heavy atom. The number of carbonyl (C=O) groups excluding carboxylic acids is 3. The predicted molar refractivity (Wildman–Crippen MR) is 137 cm³/mol. The summed E-state index contributed by atoms with van der Waals surface area (Å²) >= 11 is 0. The monoisotopic (exact) mass is 516 g/mol. The number of barbiturate groups is 1. The Morgan fingerprint density at radius 1 is 0.947 bits per heavy atom. The zero-order chi connectivity index (χ0) is 27.2. The number of amides is 4. The molecule has 1 heterocycles. The number of ether oxygens (including phenoxy) is 3. The quantitative estimate of drug-likeness (QED) is 0.322. The van der Waals surface area contributed by atoms with Gasteiger partial charge in [-0.3, -0.25) is 14.9 Å². The van der Waals surface area contributed by atoms with Gasteiger partial charge in [0.1, 0.15) is 17.9 Å². The van der Waals surface area contributed by atoms with Crippen LogP contribution in [0, 0.1) is 0 Å². The van der Waals surface area contributed by atoms with Gasteiger partial charge in [0.15, 0.2) is 11.5 Å². The van der Waals surface area contributed by atoms with Crippen LogP contribution in [0.25, 0.3) is 6.08 Å². The van der Waals surface area contributed by atoms with Crippen molar-refractivity contribution in [1.82, 2.24) is 5.32 Å². The summed E-state index contributed by atoms with van der Waals surface area (Å²) in [6.07, 6.45) is 1.37. The van der Waals surface area contributed by atoms with Gasteiger partial charge < -0.3 is 19.3 Å². The van der Waals surface area contributed by atoms with Crippen LogP contribution in [0.4, 0.5) is 10.5 Å². The average molecular weight is 517 g/mol. The van der Waals surface area contributed by atoms with E-state index in [1.807, 2.05) is 0 Å². The molecule has 10 nitrogen and oxygen atoms in total. The molecule has 4 amide bonds. The second-order valence-electron chi connectivity index (χ2n) is 8.09. The third-order valence-electron chi connectivity index (χ3n) is 5.61. The minimum absolute atomic E-state index is 0.167. The van der Waals surface area contributed by atoms with Crippen molar-refractivity contribution < 1.29 is 38.5 Å². The number of methoxy groups -OCH3 is 1. The van der Waals surface area contributed by atoms with E-state index in [2.05, 4.69) is 5.32 Å². The first-order valence-electron chi connectivity index (χ1n) is 11.6. The number of carboxylic acids is 1. The summed E-state index contributed by atoms with van der Waals surface area (Å²) in [5.74, 6) is -1.24. The van der Waals surface area contributed by atoms with Gasteiger partial charge in [-0.25, -0.2) is 14.5 Å². The van der Waals surface area contributed by atoms with E-state index < -0.39 is 23.8 Å². The van der Waals surface area contributed by atoms with E-state index in [-0.39, 0.29) is 23.4 Å². The maximum atomic E-state index is 13.2. The fourth-order valence-electron chi connectivity index (χ4n) is 3.70. The molecule has 0 spiro atoms. The van der Waals surface area contributed by atoms with Crippen LogP contribution in [-0.4, -0.2) is 42.6 Å². The molecule has 0 unspecified atom stereocenters. The Bertz CT molecular complexity index is 1410. The number of carboxylic acid groups (broad SMARTS) is 1. The summed E-state index contributed by atoms with van der Waals surface area (Å²) in [6.45, 7) is 2.30. The summed E-state index contributed by atoms with van der Waals surface area (Å²) in [5, 5.41) is 11.2. The van der Waals surface area contributed by atoms with Gasteiger partial charge in [0.2, 0.25) is 0 Å². The van der Waals surface area contributed by atoms with Gasteiger partial charge in [-0.05, 0) is 72.7 Å². The molecule has 0 aromatic heterocycles. The molecule has 1 aliphatic rings. The molecular formula is C28H24N2O8. The van der Waals surface area contributed by atoms with E-state index in [1.54, 1.807) is 49.4 Å². The standard InChI is InChI=1S/C28H24N2O8/c1-3-37-24-15-18(6-13-23(24)38-16-17-4-7-19(8-5-17)27(33)34)14-22-25(31)29-28(35)30(26(22)32)20-9-11-21(36-2)12-10-20/h4-15H,3,16H2,1-2H3,(H,33,34)(H,29,31,35)/b22-14+. The Morgan fingerprint density at radius 2 is 1.66 bits per heavy atom. The third kappa shape index (κ3) is 5.65. The Kier molecular flexibility index (Phi) is 7.72. The summed E-state index contributed by atoms with van der Waals surface area (Å²) in [7, 11) is 1.50. The number of anilines is 1. The highest BCUT2D eigenvalue weighted by molar-refractivity contribution is 6.39. The molecule has 3 aromatic rings. The van der Waals surface area contributed by atoms with Crippen molar-refractivity contribution in [3.8, 4) is 17.2 Å². The zero-order valence-electron chi connectivity index (χ0n) is 20.6. The van der Waals surface area contributed by atoms with Crippen molar-refractivity contribution in [3.63, 3.8) is 0 Å². The molecule has 0 saturated carbocycles. The fraction of sp³-hybridized carbons (Fsp3) is 0.143. The number of urea groups is 1. The molecule has 38 heavy (non-hydrogen) atoms. The topological polar surface area (TPSA) is 131 Å². The van der Waals surface area contributed by atoms with Crippen molar-refractivity contribution >= 4 is 35.6 Å². The van der Waals surface area contributed by atoms with Crippen molar-refractivity contribution in [1.29, 1.82) is 0 Å². The van der Waals surface area contributed by atoms with E-state index in [0.717, 1.165) is 10.5 Å². The van der Waals surface area contributed by atoms with E-state index >= 15 is 0 Å². The Hall–Kier alpha value is -5.12. The number of hydrogen-bond donors (Lipinski definition) is 2. The fourth-order valence-corrected chi connectivity index (χ4v) is 3.70. The molecule has 0 atom stereocenters. The highest BCUT2D eigenvalue weighted by Crippen LogP contribution is 2.31. The smallest absolute Gasteiger partial charge is 0.335 e. The van der Waals surface area contributed by atoms with Gasteiger partial charge in [-0.2, -0.15) is 0 Å². The molecule has 2 N–H and O–H groups in total. The van der Waals surface area contributed by atoms with Crippen LogP contribution in [0.2, 0.25) is 0 Å². The third-order valence-corrected chi connectivity index (χ3v) is 5.61. The molecule has 3 aromatic carbocycles. The van der Waals surface area contributed by atoms with Crippen LogP contribution < -0.4 is 24.4 Å². The first-order valence-corrected chi connectivity index (χ1v) is 11.6. The molecule has 1 fully saturated rings. The highest BCUT2D eigenvalue weighted by atomic mass is 16.5. The van der Waals surface area contributed by atoms with E-state index in [9.17, 15) is 19.2 Å². The molecule has 194 valence electrons. The lowest BCUT2D eigenvalue weighted by molar-refractivity contribution is -0.122. The largest absolute Gasteiger partial charge is 0.497 e. The predicted octanol–water partition coefficient (Wildman–Crippen LogP) is 4.04. The van der Waals surface area contributed by atoms with Crippen LogP contribution in [0.1, 0.15) is 28.4 Å².